The lowest BCUT2D eigenvalue weighted by Gasteiger charge is -2.33. The van der Waals surface area contributed by atoms with Gasteiger partial charge in [-0.2, -0.15) is 5.10 Å². The van der Waals surface area contributed by atoms with Gasteiger partial charge in [-0.15, -0.1) is 0 Å². The van der Waals surface area contributed by atoms with E-state index in [-0.39, 0.29) is 11.6 Å². The monoisotopic (exact) mass is 349 g/mol. The van der Waals surface area contributed by atoms with Crippen molar-refractivity contribution in [3.63, 3.8) is 0 Å². The van der Waals surface area contributed by atoms with Crippen molar-refractivity contribution in [3.05, 3.63) is 27.7 Å². The van der Waals surface area contributed by atoms with Gasteiger partial charge in [-0.25, -0.2) is 4.68 Å². The Morgan fingerprint density at radius 1 is 1.24 bits per heavy atom. The van der Waals surface area contributed by atoms with Crippen LogP contribution in [0.5, 0.6) is 0 Å². The second-order valence-corrected chi connectivity index (χ2v) is 7.59. The Bertz CT molecular complexity index is 667. The van der Waals surface area contributed by atoms with E-state index in [0.717, 1.165) is 49.9 Å². The molecule has 2 fully saturated rings. The van der Waals surface area contributed by atoms with Crippen LogP contribution in [0.3, 0.4) is 0 Å². The third-order valence-corrected chi connectivity index (χ3v) is 5.52. The number of nitrogens with zero attached hydrogens (tertiary/aromatic N) is 3. The highest BCUT2D eigenvalue weighted by molar-refractivity contribution is 5.22. The van der Waals surface area contributed by atoms with Crippen molar-refractivity contribution >= 4 is 0 Å². The molecule has 0 spiro atoms. The first kappa shape index (κ1) is 17.1. The van der Waals surface area contributed by atoms with Gasteiger partial charge in [0.2, 0.25) is 0 Å². The minimum atomic E-state index is -0.977. The highest BCUT2D eigenvalue weighted by atomic mass is 16.6. The van der Waals surface area contributed by atoms with Gasteiger partial charge in [0.05, 0.1) is 38.7 Å². The Hall–Kier alpha value is -1.28. The van der Waals surface area contributed by atoms with Crippen LogP contribution in [-0.2, 0) is 28.9 Å². The van der Waals surface area contributed by atoms with Crippen molar-refractivity contribution in [2.75, 3.05) is 39.5 Å². The molecule has 1 aromatic heterocycles. The predicted molar refractivity (Wildman–Crippen MR) is 91.7 cm³/mol. The van der Waals surface area contributed by atoms with Crippen LogP contribution >= 0.6 is 0 Å². The Labute approximate surface area is 147 Å². The molecule has 1 aliphatic carbocycles. The normalized spacial score (nSPS) is 26.5. The van der Waals surface area contributed by atoms with E-state index in [1.807, 2.05) is 0 Å². The first-order valence-corrected chi connectivity index (χ1v) is 9.35. The molecular weight excluding hydrogens is 322 g/mol. The maximum Gasteiger partial charge on any atom is 0.267 e. The van der Waals surface area contributed by atoms with Crippen LogP contribution in [0.2, 0.25) is 0 Å². The summed E-state index contributed by atoms with van der Waals surface area (Å²) in [7, 11) is 0. The summed E-state index contributed by atoms with van der Waals surface area (Å²) in [5.74, 6) is 0. The van der Waals surface area contributed by atoms with Crippen molar-refractivity contribution in [3.8, 4) is 0 Å². The number of aryl methyl sites for hydroxylation is 2. The summed E-state index contributed by atoms with van der Waals surface area (Å²) in [5, 5.41) is 15.4. The van der Waals surface area contributed by atoms with Gasteiger partial charge in [-0.05, 0) is 44.2 Å². The van der Waals surface area contributed by atoms with Crippen LogP contribution < -0.4 is 5.56 Å². The summed E-state index contributed by atoms with van der Waals surface area (Å²) < 4.78 is 12.6. The van der Waals surface area contributed by atoms with E-state index in [4.69, 9.17) is 9.47 Å². The number of rotatable bonds is 4. The molecule has 0 aromatic carbocycles. The van der Waals surface area contributed by atoms with E-state index in [9.17, 15) is 9.90 Å². The largest absolute Gasteiger partial charge is 0.384 e. The molecule has 138 valence electrons. The zero-order valence-electron chi connectivity index (χ0n) is 14.7. The first-order valence-electron chi connectivity index (χ1n) is 9.35. The summed E-state index contributed by atoms with van der Waals surface area (Å²) >= 11 is 0. The van der Waals surface area contributed by atoms with E-state index >= 15 is 0 Å². The minimum Gasteiger partial charge on any atom is -0.384 e. The van der Waals surface area contributed by atoms with E-state index in [1.165, 1.54) is 0 Å². The number of aromatic nitrogens is 2. The zero-order chi connectivity index (χ0) is 17.3. The maximum atomic E-state index is 12.4. The number of hydrogen-bond donors (Lipinski definition) is 1. The Morgan fingerprint density at radius 2 is 2.04 bits per heavy atom. The lowest BCUT2D eigenvalue weighted by atomic mass is 10.1. The third kappa shape index (κ3) is 3.79. The van der Waals surface area contributed by atoms with Gasteiger partial charge in [-0.3, -0.25) is 9.69 Å². The van der Waals surface area contributed by atoms with Crippen LogP contribution in [0.15, 0.2) is 10.9 Å². The lowest BCUT2D eigenvalue weighted by Crippen LogP contribution is -2.51. The highest BCUT2D eigenvalue weighted by Gasteiger charge is 2.36. The SMILES string of the molecule is O=c1cc2c(nn1CC1CCCN1CC1(O)COCCOC1)CCC2. The van der Waals surface area contributed by atoms with Crippen molar-refractivity contribution < 1.29 is 14.6 Å². The van der Waals surface area contributed by atoms with Crippen molar-refractivity contribution in [2.45, 2.75) is 50.3 Å². The molecule has 1 aromatic rings. The van der Waals surface area contributed by atoms with Crippen molar-refractivity contribution in [1.82, 2.24) is 14.7 Å². The van der Waals surface area contributed by atoms with Gasteiger partial charge in [0.1, 0.15) is 5.60 Å². The molecule has 25 heavy (non-hydrogen) atoms. The van der Waals surface area contributed by atoms with Gasteiger partial charge >= 0.3 is 0 Å². The second kappa shape index (κ2) is 7.15. The molecule has 0 saturated carbocycles. The van der Waals surface area contributed by atoms with Crippen LogP contribution in [0.4, 0.5) is 0 Å². The molecule has 1 N–H and O–H groups in total. The number of aliphatic hydroxyl groups is 1. The van der Waals surface area contributed by atoms with Crippen molar-refractivity contribution in [2.24, 2.45) is 0 Å². The topological polar surface area (TPSA) is 76.8 Å². The van der Waals surface area contributed by atoms with Gasteiger partial charge < -0.3 is 14.6 Å². The fourth-order valence-electron chi connectivity index (χ4n) is 4.23. The van der Waals surface area contributed by atoms with Crippen molar-refractivity contribution in [1.29, 1.82) is 0 Å². The molecule has 0 bridgehead atoms. The third-order valence-electron chi connectivity index (χ3n) is 5.52. The molecule has 1 atom stereocenters. The molecule has 3 aliphatic rings. The van der Waals surface area contributed by atoms with E-state index in [0.29, 0.717) is 39.5 Å². The standard InChI is InChI=1S/C18H27N3O4/c22-17-9-14-3-1-5-16(14)19-21(17)10-15-4-2-6-20(15)11-18(23)12-24-7-8-25-13-18/h9,15,23H,1-8,10-13H2. The van der Waals surface area contributed by atoms with Crippen LogP contribution in [0.25, 0.3) is 0 Å². The zero-order valence-corrected chi connectivity index (χ0v) is 14.7. The van der Waals surface area contributed by atoms with E-state index < -0.39 is 5.60 Å². The minimum absolute atomic E-state index is 0.00709. The maximum absolute atomic E-state index is 12.4. The molecule has 0 amide bonds. The number of ether oxygens (including phenoxy) is 2. The number of β-amino-alcohol motifs (C(OH)–C–C–N with tert-alkyl or cyclic N) is 1. The molecule has 4 rings (SSSR count). The Morgan fingerprint density at radius 3 is 2.84 bits per heavy atom. The van der Waals surface area contributed by atoms with Gasteiger partial charge in [0, 0.05) is 18.7 Å². The Balaban J connectivity index is 1.46. The molecule has 1 unspecified atom stereocenters. The molecule has 2 aliphatic heterocycles. The van der Waals surface area contributed by atoms with Gasteiger partial charge in [0.15, 0.2) is 0 Å². The number of hydrogen-bond acceptors (Lipinski definition) is 6. The Kier molecular flexibility index (Phi) is 4.90. The second-order valence-electron chi connectivity index (χ2n) is 7.59. The summed E-state index contributed by atoms with van der Waals surface area (Å²) in [6.07, 6.45) is 5.12. The fourth-order valence-corrected chi connectivity index (χ4v) is 4.23. The lowest BCUT2D eigenvalue weighted by molar-refractivity contribution is -0.0768. The molecule has 7 heteroatoms. The predicted octanol–water partition coefficient (Wildman–Crippen LogP) is -0.0257. The summed E-state index contributed by atoms with van der Waals surface area (Å²) in [6.45, 7) is 3.68. The smallest absolute Gasteiger partial charge is 0.267 e. The van der Waals surface area contributed by atoms with E-state index in [2.05, 4.69) is 10.00 Å². The van der Waals surface area contributed by atoms with Gasteiger partial charge in [-0.1, -0.05) is 0 Å². The quantitative estimate of drug-likeness (QED) is 0.823. The van der Waals surface area contributed by atoms with Crippen LogP contribution in [0, 0.1) is 0 Å². The fraction of sp³-hybridized carbons (Fsp3) is 0.778. The summed E-state index contributed by atoms with van der Waals surface area (Å²) in [6, 6.07) is 1.98. The van der Waals surface area contributed by atoms with E-state index in [1.54, 1.807) is 10.7 Å². The first-order chi connectivity index (χ1) is 12.1. The molecule has 0 radical (unpaired) electrons. The van der Waals surface area contributed by atoms with Crippen LogP contribution in [0.1, 0.15) is 30.5 Å². The van der Waals surface area contributed by atoms with Crippen LogP contribution in [-0.4, -0.2) is 70.9 Å². The summed E-state index contributed by atoms with van der Waals surface area (Å²) in [5.41, 5.74) is 1.21. The molecule has 3 heterocycles. The molecule has 7 nitrogen and oxygen atoms in total. The van der Waals surface area contributed by atoms with Gasteiger partial charge in [0.25, 0.3) is 5.56 Å². The molecular formula is C18H27N3O4. The number of likely N-dealkylation sites (tertiary alicyclic amines) is 1. The molecule has 2 saturated heterocycles. The number of fused-ring (bicyclic) bond motifs is 1. The highest BCUT2D eigenvalue weighted by Crippen LogP contribution is 2.23. The summed E-state index contributed by atoms with van der Waals surface area (Å²) in [4.78, 5) is 14.6. The average Bonchev–Trinajstić information content (AvgIpc) is 3.14. The average molecular weight is 349 g/mol.